The van der Waals surface area contributed by atoms with Crippen molar-refractivity contribution in [2.45, 2.75) is 13.0 Å². The number of aromatic amines is 1. The molecule has 1 atom stereocenters. The van der Waals surface area contributed by atoms with Crippen LogP contribution in [0.15, 0.2) is 36.5 Å². The Morgan fingerprint density at radius 3 is 2.29 bits per heavy atom. The standard InChI is InChI=1S/C22H17F4N3O2/c1-10(14-9-27-21(31-3)13-7-17(25)16(24)6-12(13)14)29(2)22(30)20-5-11-4-15(23)18(26)8-19(11)28-20/h4-10,28H,1-3H3/t10-/m0/s1. The minimum atomic E-state index is -1.04. The van der Waals surface area contributed by atoms with Gasteiger partial charge in [-0.3, -0.25) is 4.79 Å². The number of nitrogens with zero attached hydrogens (tertiary/aromatic N) is 2. The van der Waals surface area contributed by atoms with Crippen LogP contribution in [-0.4, -0.2) is 34.9 Å². The highest BCUT2D eigenvalue weighted by Gasteiger charge is 2.24. The van der Waals surface area contributed by atoms with Crippen molar-refractivity contribution >= 4 is 27.6 Å². The van der Waals surface area contributed by atoms with Gasteiger partial charge in [0.05, 0.1) is 13.2 Å². The molecule has 0 saturated carbocycles. The lowest BCUT2D eigenvalue weighted by Crippen LogP contribution is -2.30. The van der Waals surface area contributed by atoms with Crippen molar-refractivity contribution in [1.82, 2.24) is 14.9 Å². The topological polar surface area (TPSA) is 58.2 Å². The lowest BCUT2D eigenvalue weighted by molar-refractivity contribution is 0.0738. The number of hydrogen-bond acceptors (Lipinski definition) is 3. The number of aromatic nitrogens is 2. The maximum Gasteiger partial charge on any atom is 0.270 e. The fourth-order valence-electron chi connectivity index (χ4n) is 3.54. The molecule has 2 heterocycles. The number of rotatable bonds is 4. The van der Waals surface area contributed by atoms with E-state index < -0.39 is 35.2 Å². The van der Waals surface area contributed by atoms with Crippen molar-refractivity contribution in [1.29, 1.82) is 0 Å². The van der Waals surface area contributed by atoms with Crippen LogP contribution >= 0.6 is 0 Å². The van der Waals surface area contributed by atoms with E-state index in [1.54, 1.807) is 6.92 Å². The van der Waals surface area contributed by atoms with Crippen LogP contribution in [-0.2, 0) is 0 Å². The number of pyridine rings is 1. The van der Waals surface area contributed by atoms with Crippen molar-refractivity contribution in [3.05, 3.63) is 71.1 Å². The lowest BCUT2D eigenvalue weighted by Gasteiger charge is -2.26. The molecule has 2 aromatic carbocycles. The molecule has 4 rings (SSSR count). The summed E-state index contributed by atoms with van der Waals surface area (Å²) < 4.78 is 59.8. The lowest BCUT2D eigenvalue weighted by atomic mass is 10.0. The number of carbonyl (C=O) groups is 1. The number of methoxy groups -OCH3 is 1. The molecule has 0 fully saturated rings. The Morgan fingerprint density at radius 1 is 1.00 bits per heavy atom. The summed E-state index contributed by atoms with van der Waals surface area (Å²) in [4.78, 5) is 21.3. The summed E-state index contributed by atoms with van der Waals surface area (Å²) in [5.74, 6) is -4.46. The molecule has 0 bridgehead atoms. The number of ether oxygens (including phenoxy) is 1. The van der Waals surface area contributed by atoms with Crippen LogP contribution in [0.25, 0.3) is 21.7 Å². The van der Waals surface area contributed by atoms with Gasteiger partial charge in [0.2, 0.25) is 5.88 Å². The summed E-state index contributed by atoms with van der Waals surface area (Å²) in [5, 5.41) is 0.958. The first-order chi connectivity index (χ1) is 14.7. The second-order valence-electron chi connectivity index (χ2n) is 7.16. The number of carbonyl (C=O) groups excluding carboxylic acids is 1. The molecule has 0 unspecified atom stereocenters. The van der Waals surface area contributed by atoms with Gasteiger partial charge in [0.1, 0.15) is 5.69 Å². The normalized spacial score (nSPS) is 12.4. The highest BCUT2D eigenvalue weighted by Crippen LogP contribution is 2.33. The predicted octanol–water partition coefficient (Wildman–Crippen LogP) is 5.11. The molecule has 1 amide bonds. The Morgan fingerprint density at radius 2 is 1.61 bits per heavy atom. The van der Waals surface area contributed by atoms with Crippen molar-refractivity contribution in [2.24, 2.45) is 0 Å². The molecule has 2 aromatic heterocycles. The van der Waals surface area contributed by atoms with Crippen molar-refractivity contribution in [3.63, 3.8) is 0 Å². The minimum absolute atomic E-state index is 0.123. The van der Waals surface area contributed by atoms with E-state index in [0.29, 0.717) is 16.3 Å². The monoisotopic (exact) mass is 431 g/mol. The van der Waals surface area contributed by atoms with Gasteiger partial charge in [0.15, 0.2) is 23.3 Å². The van der Waals surface area contributed by atoms with E-state index in [-0.39, 0.29) is 22.5 Å². The molecule has 0 spiro atoms. The van der Waals surface area contributed by atoms with Gasteiger partial charge in [0.25, 0.3) is 5.91 Å². The average molecular weight is 431 g/mol. The number of halogens is 4. The maximum atomic E-state index is 14.0. The Hall–Kier alpha value is -3.62. The van der Waals surface area contributed by atoms with E-state index in [4.69, 9.17) is 4.74 Å². The molecule has 0 aliphatic rings. The van der Waals surface area contributed by atoms with E-state index in [0.717, 1.165) is 24.3 Å². The zero-order chi connectivity index (χ0) is 22.4. The quantitative estimate of drug-likeness (QED) is 0.457. The number of hydrogen-bond donors (Lipinski definition) is 1. The smallest absolute Gasteiger partial charge is 0.270 e. The minimum Gasteiger partial charge on any atom is -0.481 e. The van der Waals surface area contributed by atoms with E-state index >= 15 is 0 Å². The Kier molecular flexibility index (Phi) is 5.04. The summed E-state index contributed by atoms with van der Waals surface area (Å²) >= 11 is 0. The first-order valence-corrected chi connectivity index (χ1v) is 9.27. The van der Waals surface area contributed by atoms with Crippen LogP contribution in [0.4, 0.5) is 17.6 Å². The second-order valence-corrected chi connectivity index (χ2v) is 7.16. The van der Waals surface area contributed by atoms with Gasteiger partial charge in [-0.2, -0.15) is 0 Å². The summed E-state index contributed by atoms with van der Waals surface area (Å²) in [5.41, 5.74) is 0.869. The molecule has 9 heteroatoms. The van der Waals surface area contributed by atoms with Crippen LogP contribution < -0.4 is 4.74 Å². The molecule has 1 N–H and O–H groups in total. The third kappa shape index (κ3) is 3.45. The maximum absolute atomic E-state index is 14.0. The summed E-state index contributed by atoms with van der Waals surface area (Å²) in [6.45, 7) is 1.70. The molecule has 160 valence electrons. The van der Waals surface area contributed by atoms with Gasteiger partial charge >= 0.3 is 0 Å². The van der Waals surface area contributed by atoms with Gasteiger partial charge < -0.3 is 14.6 Å². The first-order valence-electron chi connectivity index (χ1n) is 9.27. The van der Waals surface area contributed by atoms with Crippen LogP contribution in [0.2, 0.25) is 0 Å². The van der Waals surface area contributed by atoms with Crippen molar-refractivity contribution < 1.29 is 27.1 Å². The summed E-state index contributed by atoms with van der Waals surface area (Å²) in [7, 11) is 2.89. The molecule has 31 heavy (non-hydrogen) atoms. The first kappa shape index (κ1) is 20.6. The Bertz CT molecular complexity index is 1300. The van der Waals surface area contributed by atoms with E-state index in [1.165, 1.54) is 31.3 Å². The third-order valence-electron chi connectivity index (χ3n) is 5.36. The fourth-order valence-corrected chi connectivity index (χ4v) is 3.54. The van der Waals surface area contributed by atoms with Crippen LogP contribution in [0.1, 0.15) is 29.0 Å². The Balaban J connectivity index is 1.74. The van der Waals surface area contributed by atoms with Crippen LogP contribution in [0.3, 0.4) is 0 Å². The highest BCUT2D eigenvalue weighted by molar-refractivity contribution is 5.98. The second kappa shape index (κ2) is 7.57. The molecule has 0 aliphatic carbocycles. The molecule has 5 nitrogen and oxygen atoms in total. The van der Waals surface area contributed by atoms with Crippen molar-refractivity contribution in [3.8, 4) is 5.88 Å². The van der Waals surface area contributed by atoms with Crippen LogP contribution in [0, 0.1) is 23.3 Å². The predicted molar refractivity (Wildman–Crippen MR) is 107 cm³/mol. The molecular weight excluding hydrogens is 414 g/mol. The number of amides is 1. The SMILES string of the molecule is COc1ncc([C@H](C)N(C)C(=O)c2cc3cc(F)c(F)cc3[nH]2)c2cc(F)c(F)cc12. The Labute approximate surface area is 174 Å². The molecular formula is C22H17F4N3O2. The molecule has 4 aromatic rings. The van der Waals surface area contributed by atoms with E-state index in [2.05, 4.69) is 9.97 Å². The molecule has 0 radical (unpaired) electrons. The number of nitrogens with one attached hydrogen (secondary N) is 1. The average Bonchev–Trinajstić information content (AvgIpc) is 3.15. The number of fused-ring (bicyclic) bond motifs is 2. The largest absolute Gasteiger partial charge is 0.481 e. The number of benzene rings is 2. The van der Waals surface area contributed by atoms with Gasteiger partial charge in [-0.25, -0.2) is 22.5 Å². The van der Waals surface area contributed by atoms with Gasteiger partial charge in [-0.15, -0.1) is 0 Å². The summed E-state index contributed by atoms with van der Waals surface area (Å²) in [6.07, 6.45) is 1.43. The van der Waals surface area contributed by atoms with Gasteiger partial charge in [-0.1, -0.05) is 0 Å². The molecule has 0 saturated heterocycles. The van der Waals surface area contributed by atoms with Gasteiger partial charge in [0, 0.05) is 41.2 Å². The van der Waals surface area contributed by atoms with Crippen molar-refractivity contribution in [2.75, 3.05) is 14.2 Å². The molecule has 0 aliphatic heterocycles. The summed E-state index contributed by atoms with van der Waals surface area (Å²) in [6, 6.07) is 4.83. The zero-order valence-electron chi connectivity index (χ0n) is 16.8. The van der Waals surface area contributed by atoms with E-state index in [1.807, 2.05) is 0 Å². The van der Waals surface area contributed by atoms with Crippen LogP contribution in [0.5, 0.6) is 5.88 Å². The van der Waals surface area contributed by atoms with E-state index in [9.17, 15) is 22.4 Å². The number of H-pyrrole nitrogens is 1. The van der Waals surface area contributed by atoms with Gasteiger partial charge in [-0.05, 0) is 36.6 Å². The highest BCUT2D eigenvalue weighted by atomic mass is 19.2. The zero-order valence-corrected chi connectivity index (χ0v) is 16.8. The fraction of sp³-hybridized carbons (Fsp3) is 0.182. The third-order valence-corrected chi connectivity index (χ3v) is 5.36.